The average molecular weight is 370 g/mol. The Bertz CT molecular complexity index is 884. The van der Waals surface area contributed by atoms with E-state index in [0.29, 0.717) is 5.56 Å². The highest BCUT2D eigenvalue weighted by Gasteiger charge is 2.23. The molecular formula is C20H22N2O5. The molecule has 1 aliphatic rings. The van der Waals surface area contributed by atoms with E-state index in [0.717, 1.165) is 19.3 Å². The van der Waals surface area contributed by atoms with Gasteiger partial charge in [0.2, 0.25) is 0 Å². The van der Waals surface area contributed by atoms with Crippen molar-refractivity contribution in [2.75, 3.05) is 13.2 Å². The third-order valence-corrected chi connectivity index (χ3v) is 4.46. The lowest BCUT2D eigenvalue weighted by Crippen LogP contribution is -2.18. The van der Waals surface area contributed by atoms with Crippen LogP contribution in [-0.4, -0.2) is 40.7 Å². The van der Waals surface area contributed by atoms with Crippen LogP contribution in [-0.2, 0) is 28.9 Å². The van der Waals surface area contributed by atoms with Gasteiger partial charge in [-0.25, -0.2) is 14.3 Å². The zero-order valence-electron chi connectivity index (χ0n) is 15.5. The molecule has 7 heteroatoms. The fraction of sp³-hybridized carbons (Fsp3) is 0.400. The Balaban J connectivity index is 1.86. The third-order valence-electron chi connectivity index (χ3n) is 4.46. The molecule has 1 aliphatic carbocycles. The second kappa shape index (κ2) is 8.16. The molecule has 0 saturated heterocycles. The van der Waals surface area contributed by atoms with Crippen molar-refractivity contribution >= 4 is 17.7 Å². The molecule has 0 spiro atoms. The number of rotatable bonds is 7. The molecule has 0 bridgehead atoms. The van der Waals surface area contributed by atoms with Crippen molar-refractivity contribution < 1.29 is 23.9 Å². The number of aryl methyl sites for hydroxylation is 2. The summed E-state index contributed by atoms with van der Waals surface area (Å²) in [5.41, 5.74) is 3.07. The molecule has 1 aromatic carbocycles. The molecular weight excluding hydrogens is 348 g/mol. The van der Waals surface area contributed by atoms with Crippen LogP contribution in [0.15, 0.2) is 24.3 Å². The number of esters is 2. The summed E-state index contributed by atoms with van der Waals surface area (Å²) in [5, 5.41) is 4.09. The van der Waals surface area contributed by atoms with Crippen LogP contribution in [0.3, 0.4) is 0 Å². The lowest BCUT2D eigenvalue weighted by molar-refractivity contribution is 0.0505. The summed E-state index contributed by atoms with van der Waals surface area (Å²) in [4.78, 5) is 36.8. The number of aromatic nitrogens is 2. The van der Waals surface area contributed by atoms with Crippen molar-refractivity contribution in [1.29, 1.82) is 0 Å². The molecule has 0 aliphatic heterocycles. The van der Waals surface area contributed by atoms with E-state index in [1.807, 2.05) is 12.1 Å². The molecule has 0 fully saturated rings. The van der Waals surface area contributed by atoms with Gasteiger partial charge in [0.25, 0.3) is 0 Å². The summed E-state index contributed by atoms with van der Waals surface area (Å²) in [6.07, 6.45) is 3.11. The minimum Gasteiger partial charge on any atom is -0.461 e. The van der Waals surface area contributed by atoms with Crippen LogP contribution in [0.4, 0.5) is 0 Å². The van der Waals surface area contributed by atoms with E-state index >= 15 is 0 Å². The van der Waals surface area contributed by atoms with E-state index in [1.165, 1.54) is 21.9 Å². The van der Waals surface area contributed by atoms with E-state index in [-0.39, 0.29) is 36.9 Å². The molecule has 0 amide bonds. The Morgan fingerprint density at radius 1 is 1.00 bits per heavy atom. The average Bonchev–Trinajstić information content (AvgIpc) is 3.28. The predicted molar refractivity (Wildman–Crippen MR) is 96.9 cm³/mol. The fourth-order valence-corrected chi connectivity index (χ4v) is 3.18. The Kier molecular flexibility index (Phi) is 5.69. The van der Waals surface area contributed by atoms with Gasteiger partial charge in [0.15, 0.2) is 11.5 Å². The molecule has 0 atom stereocenters. The quantitative estimate of drug-likeness (QED) is 0.550. The van der Waals surface area contributed by atoms with Gasteiger partial charge in [0, 0.05) is 11.6 Å². The SMILES string of the molecule is CCOC(=O)c1cc(C(=O)OCC)n(CC(=O)c2ccc3c(c2)CCC3)n1. The summed E-state index contributed by atoms with van der Waals surface area (Å²) < 4.78 is 11.1. The van der Waals surface area contributed by atoms with Crippen molar-refractivity contribution in [3.8, 4) is 0 Å². The highest BCUT2D eigenvalue weighted by Crippen LogP contribution is 2.23. The number of nitrogens with zero attached hydrogens (tertiary/aromatic N) is 2. The minimum absolute atomic E-state index is 0.0262. The lowest BCUT2D eigenvalue weighted by atomic mass is 10.0. The fourth-order valence-electron chi connectivity index (χ4n) is 3.18. The van der Waals surface area contributed by atoms with E-state index in [2.05, 4.69) is 5.10 Å². The zero-order chi connectivity index (χ0) is 19.4. The second-order valence-corrected chi connectivity index (χ2v) is 6.27. The second-order valence-electron chi connectivity index (χ2n) is 6.27. The number of hydrogen-bond acceptors (Lipinski definition) is 6. The molecule has 0 N–H and O–H groups in total. The first-order valence-corrected chi connectivity index (χ1v) is 9.10. The standard InChI is InChI=1S/C20H22N2O5/c1-3-26-19(24)16-11-17(20(25)27-4-2)22(21-16)12-18(23)15-9-8-13-6-5-7-14(13)10-15/h8-11H,3-7,12H2,1-2H3. The number of hydrogen-bond donors (Lipinski definition) is 0. The van der Waals surface area contributed by atoms with Gasteiger partial charge >= 0.3 is 11.9 Å². The Morgan fingerprint density at radius 3 is 2.44 bits per heavy atom. The molecule has 27 heavy (non-hydrogen) atoms. The smallest absolute Gasteiger partial charge is 0.358 e. The number of Topliss-reactive ketones (excluding diaryl/α,β-unsaturated/α-hetero) is 1. The number of fused-ring (bicyclic) bond motifs is 1. The first kappa shape index (κ1) is 18.8. The number of carbonyl (C=O) groups is 3. The van der Waals surface area contributed by atoms with Crippen LogP contribution in [0.1, 0.15) is 62.7 Å². The van der Waals surface area contributed by atoms with Gasteiger partial charge < -0.3 is 9.47 Å². The topological polar surface area (TPSA) is 87.5 Å². The summed E-state index contributed by atoms with van der Waals surface area (Å²) in [6.45, 7) is 3.57. The van der Waals surface area contributed by atoms with Crippen LogP contribution in [0.25, 0.3) is 0 Å². The highest BCUT2D eigenvalue weighted by atomic mass is 16.5. The maximum Gasteiger partial charge on any atom is 0.358 e. The van der Waals surface area contributed by atoms with Gasteiger partial charge in [-0.2, -0.15) is 5.10 Å². The highest BCUT2D eigenvalue weighted by molar-refractivity contribution is 5.98. The van der Waals surface area contributed by atoms with Crippen LogP contribution in [0.2, 0.25) is 0 Å². The summed E-state index contributed by atoms with van der Waals surface area (Å²) >= 11 is 0. The molecule has 142 valence electrons. The zero-order valence-corrected chi connectivity index (χ0v) is 15.5. The Hall–Kier alpha value is -2.96. The van der Waals surface area contributed by atoms with E-state index in [9.17, 15) is 14.4 Å². The first-order chi connectivity index (χ1) is 13.0. The Labute approximate surface area is 157 Å². The molecule has 0 radical (unpaired) electrons. The molecule has 7 nitrogen and oxygen atoms in total. The van der Waals surface area contributed by atoms with Crippen LogP contribution in [0.5, 0.6) is 0 Å². The maximum absolute atomic E-state index is 12.7. The largest absolute Gasteiger partial charge is 0.461 e. The van der Waals surface area contributed by atoms with Crippen molar-refractivity contribution in [2.45, 2.75) is 39.7 Å². The summed E-state index contributed by atoms with van der Waals surface area (Å²) in [7, 11) is 0. The van der Waals surface area contributed by atoms with E-state index in [1.54, 1.807) is 19.9 Å². The Morgan fingerprint density at radius 2 is 1.70 bits per heavy atom. The molecule has 0 unspecified atom stereocenters. The maximum atomic E-state index is 12.7. The molecule has 2 aromatic rings. The van der Waals surface area contributed by atoms with E-state index < -0.39 is 11.9 Å². The summed E-state index contributed by atoms with van der Waals surface area (Å²) in [5.74, 6) is -1.47. The van der Waals surface area contributed by atoms with Gasteiger partial charge in [-0.3, -0.25) is 4.79 Å². The number of benzene rings is 1. The first-order valence-electron chi connectivity index (χ1n) is 9.10. The predicted octanol–water partition coefficient (Wildman–Crippen LogP) is 2.61. The van der Waals surface area contributed by atoms with Crippen LogP contribution in [0, 0.1) is 0 Å². The molecule has 3 rings (SSSR count). The van der Waals surface area contributed by atoms with Gasteiger partial charge in [0.1, 0.15) is 12.2 Å². The van der Waals surface area contributed by atoms with Gasteiger partial charge in [-0.15, -0.1) is 0 Å². The lowest BCUT2D eigenvalue weighted by Gasteiger charge is -2.08. The normalized spacial score (nSPS) is 12.5. The number of ketones is 1. The monoisotopic (exact) mass is 370 g/mol. The summed E-state index contributed by atoms with van der Waals surface area (Å²) in [6, 6.07) is 6.98. The number of carbonyl (C=O) groups excluding carboxylic acids is 3. The van der Waals surface area contributed by atoms with Gasteiger partial charge in [-0.05, 0) is 50.3 Å². The van der Waals surface area contributed by atoms with Gasteiger partial charge in [-0.1, -0.05) is 12.1 Å². The van der Waals surface area contributed by atoms with Crippen molar-refractivity contribution in [2.24, 2.45) is 0 Å². The number of ether oxygens (including phenoxy) is 2. The van der Waals surface area contributed by atoms with Crippen LogP contribution < -0.4 is 0 Å². The van der Waals surface area contributed by atoms with E-state index in [4.69, 9.17) is 9.47 Å². The van der Waals surface area contributed by atoms with Crippen LogP contribution >= 0.6 is 0 Å². The van der Waals surface area contributed by atoms with Gasteiger partial charge in [0.05, 0.1) is 13.2 Å². The minimum atomic E-state index is -0.647. The molecule has 1 heterocycles. The van der Waals surface area contributed by atoms with Crippen molar-refractivity contribution in [1.82, 2.24) is 9.78 Å². The third kappa shape index (κ3) is 4.07. The van der Waals surface area contributed by atoms with Crippen molar-refractivity contribution in [3.05, 3.63) is 52.3 Å². The molecule has 0 saturated carbocycles. The van der Waals surface area contributed by atoms with Crippen molar-refractivity contribution in [3.63, 3.8) is 0 Å². The molecule has 1 aromatic heterocycles.